The Labute approximate surface area is 281 Å². The third-order valence-electron chi connectivity index (χ3n) is 8.94. The Morgan fingerprint density at radius 2 is 1.24 bits per heavy atom. The van der Waals surface area contributed by atoms with Gasteiger partial charge in [0.1, 0.15) is 23.7 Å². The van der Waals surface area contributed by atoms with E-state index < -0.39 is 44.1 Å². The van der Waals surface area contributed by atoms with Crippen LogP contribution in [0.15, 0.2) is 89.8 Å². The second kappa shape index (κ2) is 17.1. The second-order valence-corrected chi connectivity index (χ2v) is 19.8. The highest BCUT2D eigenvalue weighted by molar-refractivity contribution is 7.99. The third kappa shape index (κ3) is 9.33. The van der Waals surface area contributed by atoms with Gasteiger partial charge in [0.15, 0.2) is 14.4 Å². The van der Waals surface area contributed by atoms with Crippen LogP contribution in [0.5, 0.6) is 0 Å². The zero-order chi connectivity index (χ0) is 33.3. The van der Waals surface area contributed by atoms with Crippen molar-refractivity contribution in [3.63, 3.8) is 0 Å². The van der Waals surface area contributed by atoms with Gasteiger partial charge in [-0.05, 0) is 46.8 Å². The summed E-state index contributed by atoms with van der Waals surface area (Å²) in [6.45, 7) is 18.2. The van der Waals surface area contributed by atoms with Gasteiger partial charge in [-0.2, -0.15) is 0 Å². The van der Waals surface area contributed by atoms with Crippen molar-refractivity contribution < 1.29 is 28.2 Å². The summed E-state index contributed by atoms with van der Waals surface area (Å²) in [5, 5.41) is 0. The quantitative estimate of drug-likeness (QED) is 0.119. The van der Waals surface area contributed by atoms with Gasteiger partial charge in [-0.15, -0.1) is 0 Å². The third-order valence-corrected chi connectivity index (χ3v) is 16.2. The van der Waals surface area contributed by atoms with E-state index in [-0.39, 0.29) is 0 Å². The Balaban J connectivity index is 1.74. The van der Waals surface area contributed by atoms with Crippen LogP contribution in [0.3, 0.4) is 0 Å². The lowest BCUT2D eigenvalue weighted by Crippen LogP contribution is -2.61. The fourth-order valence-electron chi connectivity index (χ4n) is 6.82. The maximum absolute atomic E-state index is 12.7. The molecule has 0 N–H and O–H groups in total. The molecule has 0 bridgehead atoms. The molecule has 46 heavy (non-hydrogen) atoms. The Kier molecular flexibility index (Phi) is 13.5. The molecule has 250 valence electrons. The zero-order valence-corrected chi connectivity index (χ0v) is 30.5. The van der Waals surface area contributed by atoms with E-state index in [2.05, 4.69) is 72.7 Å². The monoisotopic (exact) mass is 664 g/mol. The van der Waals surface area contributed by atoms with Crippen molar-refractivity contribution >= 4 is 26.0 Å². The van der Waals surface area contributed by atoms with E-state index in [0.717, 1.165) is 16.0 Å². The van der Waals surface area contributed by atoms with Crippen LogP contribution in [-0.4, -0.2) is 50.7 Å². The molecule has 3 aromatic carbocycles. The maximum Gasteiger partial charge on any atom is 0.303 e. The molecule has 4 rings (SSSR count). The smallest absolute Gasteiger partial charge is 0.303 e. The van der Waals surface area contributed by atoms with Crippen LogP contribution >= 0.6 is 11.8 Å². The minimum absolute atomic E-state index is 0.306. The Bertz CT molecular complexity index is 1310. The molecule has 5 atom stereocenters. The van der Waals surface area contributed by atoms with Crippen molar-refractivity contribution in [2.45, 2.75) is 120 Å². The van der Waals surface area contributed by atoms with E-state index in [1.165, 1.54) is 12.5 Å². The van der Waals surface area contributed by atoms with Gasteiger partial charge < -0.3 is 23.4 Å². The summed E-state index contributed by atoms with van der Waals surface area (Å²) in [6, 6.07) is 28.5. The molecule has 1 aliphatic rings. The lowest BCUT2D eigenvalue weighted by atomic mass is 9.99. The fraction of sp³-hybridized carbons (Fsp3) is 0.500. The Hall–Kier alpha value is -2.46. The normalized spacial score (nSPS) is 22.0. The molecule has 0 unspecified atom stereocenters. The molecule has 0 aliphatic carbocycles. The minimum Gasteiger partial charge on any atom is -0.457 e. The number of esters is 1. The van der Waals surface area contributed by atoms with Crippen LogP contribution in [0, 0.1) is 6.92 Å². The first-order valence-corrected chi connectivity index (χ1v) is 19.5. The predicted molar refractivity (Wildman–Crippen MR) is 188 cm³/mol. The number of hydrogen-bond acceptors (Lipinski definition) is 7. The molecule has 1 aliphatic heterocycles. The van der Waals surface area contributed by atoms with E-state index in [0.29, 0.717) is 36.4 Å². The van der Waals surface area contributed by atoms with E-state index in [4.69, 9.17) is 23.4 Å². The molecular formula is C38H52O6SSi. The lowest BCUT2D eigenvalue weighted by Gasteiger charge is -2.48. The highest BCUT2D eigenvalue weighted by atomic mass is 32.2. The average molecular weight is 665 g/mol. The molecular weight excluding hydrogens is 613 g/mol. The molecule has 8 heteroatoms. The molecule has 0 spiro atoms. The highest BCUT2D eigenvalue weighted by Crippen LogP contribution is 2.44. The fourth-order valence-corrected chi connectivity index (χ4v) is 13.4. The SMILES string of the molecule is CC(=O)O[C@H]1[C@H](OCc2ccccc2)[C@H](OCc2ccccc2)[C@@H](Sc2ccc(C)cc2)O[C@@H]1CO[Si](C(C)C)(C(C)C)C(C)C. The molecule has 0 radical (unpaired) electrons. The number of ether oxygens (including phenoxy) is 4. The summed E-state index contributed by atoms with van der Waals surface area (Å²) in [4.78, 5) is 13.7. The molecule has 0 amide bonds. The number of benzene rings is 3. The van der Waals surface area contributed by atoms with Gasteiger partial charge >= 0.3 is 5.97 Å². The number of aryl methyl sites for hydroxylation is 1. The summed E-state index contributed by atoms with van der Waals surface area (Å²) >= 11 is 1.61. The first kappa shape index (κ1) is 36.4. The zero-order valence-electron chi connectivity index (χ0n) is 28.7. The van der Waals surface area contributed by atoms with Crippen molar-refractivity contribution in [3.8, 4) is 0 Å². The van der Waals surface area contributed by atoms with Crippen LogP contribution in [0.4, 0.5) is 0 Å². The Morgan fingerprint density at radius 1 is 0.739 bits per heavy atom. The minimum atomic E-state index is -2.25. The summed E-state index contributed by atoms with van der Waals surface area (Å²) in [7, 11) is -2.25. The number of hydrogen-bond donors (Lipinski definition) is 0. The van der Waals surface area contributed by atoms with Crippen molar-refractivity contribution in [3.05, 3.63) is 102 Å². The summed E-state index contributed by atoms with van der Waals surface area (Å²) in [6.07, 6.45) is -2.42. The molecule has 6 nitrogen and oxygen atoms in total. The highest BCUT2D eigenvalue weighted by Gasteiger charge is 2.52. The summed E-state index contributed by atoms with van der Waals surface area (Å²) in [5.74, 6) is -0.390. The van der Waals surface area contributed by atoms with Crippen LogP contribution < -0.4 is 0 Å². The van der Waals surface area contributed by atoms with E-state index >= 15 is 0 Å². The van der Waals surface area contributed by atoms with Crippen molar-refractivity contribution in [2.75, 3.05) is 6.61 Å². The van der Waals surface area contributed by atoms with Gasteiger partial charge in [0.2, 0.25) is 0 Å². The van der Waals surface area contributed by atoms with E-state index in [1.54, 1.807) is 11.8 Å². The molecule has 3 aromatic rings. The van der Waals surface area contributed by atoms with E-state index in [9.17, 15) is 4.79 Å². The summed E-state index contributed by atoms with van der Waals surface area (Å²) < 4.78 is 33.5. The van der Waals surface area contributed by atoms with E-state index in [1.807, 2.05) is 60.7 Å². The number of carbonyl (C=O) groups is 1. The first-order chi connectivity index (χ1) is 22.0. The van der Waals surface area contributed by atoms with Gasteiger partial charge in [0, 0.05) is 11.8 Å². The largest absolute Gasteiger partial charge is 0.457 e. The maximum atomic E-state index is 12.7. The number of carbonyl (C=O) groups excluding carboxylic acids is 1. The van der Waals surface area contributed by atoms with Crippen molar-refractivity contribution in [2.24, 2.45) is 0 Å². The van der Waals surface area contributed by atoms with Gasteiger partial charge in [0.05, 0.1) is 19.8 Å². The van der Waals surface area contributed by atoms with Crippen LogP contribution in [-0.2, 0) is 41.4 Å². The van der Waals surface area contributed by atoms with Crippen LogP contribution in [0.25, 0.3) is 0 Å². The molecule has 1 heterocycles. The lowest BCUT2D eigenvalue weighted by molar-refractivity contribution is -0.244. The van der Waals surface area contributed by atoms with Crippen molar-refractivity contribution in [1.82, 2.24) is 0 Å². The summed E-state index contributed by atoms with van der Waals surface area (Å²) in [5.41, 5.74) is 4.00. The molecule has 1 fully saturated rings. The number of rotatable bonds is 15. The van der Waals surface area contributed by atoms with Gasteiger partial charge in [-0.3, -0.25) is 4.79 Å². The second-order valence-electron chi connectivity index (χ2n) is 13.2. The predicted octanol–water partition coefficient (Wildman–Crippen LogP) is 9.11. The van der Waals surface area contributed by atoms with Crippen molar-refractivity contribution in [1.29, 1.82) is 0 Å². The van der Waals surface area contributed by atoms with Crippen LogP contribution in [0.1, 0.15) is 65.2 Å². The molecule has 0 saturated carbocycles. The number of thioether (sulfide) groups is 1. The topological polar surface area (TPSA) is 63.2 Å². The molecule has 1 saturated heterocycles. The first-order valence-electron chi connectivity index (χ1n) is 16.5. The average Bonchev–Trinajstić information content (AvgIpc) is 3.02. The van der Waals surface area contributed by atoms with Gasteiger partial charge in [-0.1, -0.05) is 132 Å². The molecule has 0 aromatic heterocycles. The van der Waals surface area contributed by atoms with Gasteiger partial charge in [0.25, 0.3) is 0 Å². The van der Waals surface area contributed by atoms with Gasteiger partial charge in [-0.25, -0.2) is 0 Å². The standard InChI is InChI=1S/C38H52O6SSi/c1-26(2)46(27(3)4,28(5)6)42-25-34-35(43-30(8)39)36(40-23-31-15-11-9-12-16-31)37(41-24-32-17-13-10-14-18-32)38(44-34)45-33-21-19-29(7)20-22-33/h9-22,26-28,34-38H,23-25H2,1-8H3/t34-,35-,36+,37+,38-/m1/s1. The Morgan fingerprint density at radius 3 is 1.72 bits per heavy atom. The van der Waals surface area contributed by atoms with Crippen LogP contribution in [0.2, 0.25) is 16.6 Å².